The normalized spacial score (nSPS) is 18.3. The third-order valence-electron chi connectivity index (χ3n) is 5.15. The molecule has 2 aromatic carbocycles. The molecule has 2 aromatic rings. The van der Waals surface area contributed by atoms with Gasteiger partial charge in [-0.1, -0.05) is 43.6 Å². The fourth-order valence-corrected chi connectivity index (χ4v) is 3.71. The zero-order valence-electron chi connectivity index (χ0n) is 16.7. The van der Waals surface area contributed by atoms with E-state index in [9.17, 15) is 19.2 Å². The van der Waals surface area contributed by atoms with E-state index < -0.39 is 29.8 Å². The van der Waals surface area contributed by atoms with Gasteiger partial charge in [-0.2, -0.15) is 0 Å². The van der Waals surface area contributed by atoms with E-state index in [0.29, 0.717) is 28.3 Å². The molecule has 0 radical (unpaired) electrons. The number of hydrogen-bond donors (Lipinski definition) is 2. The van der Waals surface area contributed by atoms with Gasteiger partial charge in [-0.25, -0.2) is 4.79 Å². The van der Waals surface area contributed by atoms with Crippen LogP contribution in [-0.4, -0.2) is 35.1 Å². The van der Waals surface area contributed by atoms with E-state index >= 15 is 0 Å². The van der Waals surface area contributed by atoms with Crippen LogP contribution < -0.4 is 10.6 Å². The lowest BCUT2D eigenvalue weighted by molar-refractivity contribution is -0.131. The van der Waals surface area contributed by atoms with E-state index in [4.69, 9.17) is 11.6 Å². The van der Waals surface area contributed by atoms with Crippen molar-refractivity contribution in [2.75, 3.05) is 11.9 Å². The predicted molar refractivity (Wildman–Crippen MR) is 113 cm³/mol. The van der Waals surface area contributed by atoms with E-state index in [1.807, 2.05) is 0 Å². The molecule has 2 N–H and O–H groups in total. The Balaban J connectivity index is 1.79. The summed E-state index contributed by atoms with van der Waals surface area (Å²) in [7, 11) is 0. The molecule has 0 spiro atoms. The van der Waals surface area contributed by atoms with Crippen LogP contribution in [0.15, 0.2) is 48.5 Å². The van der Waals surface area contributed by atoms with Crippen LogP contribution in [0.4, 0.5) is 10.5 Å². The highest BCUT2D eigenvalue weighted by molar-refractivity contribution is 6.32. The summed E-state index contributed by atoms with van der Waals surface area (Å²) in [4.78, 5) is 50.8. The second-order valence-electron chi connectivity index (χ2n) is 6.96. The van der Waals surface area contributed by atoms with Crippen LogP contribution in [0.3, 0.4) is 0 Å². The van der Waals surface area contributed by atoms with Crippen molar-refractivity contribution in [2.24, 2.45) is 0 Å². The largest absolute Gasteiger partial charge is 0.326 e. The molecule has 1 unspecified atom stereocenters. The minimum absolute atomic E-state index is 0.135. The molecule has 4 amide bonds. The molecule has 1 aliphatic heterocycles. The number of amides is 4. The van der Waals surface area contributed by atoms with E-state index in [-0.39, 0.29) is 12.3 Å². The second-order valence-corrected chi connectivity index (χ2v) is 7.37. The molecule has 156 valence electrons. The molecule has 1 aliphatic rings. The lowest BCUT2D eigenvalue weighted by Gasteiger charge is -2.26. The summed E-state index contributed by atoms with van der Waals surface area (Å²) in [5, 5.41) is 5.78. The third-order valence-corrected chi connectivity index (χ3v) is 5.48. The summed E-state index contributed by atoms with van der Waals surface area (Å²) in [6.45, 7) is 3.12. The van der Waals surface area contributed by atoms with Crippen LogP contribution in [0, 0.1) is 0 Å². The third kappa shape index (κ3) is 3.93. The molecule has 1 atom stereocenters. The first-order valence-electron chi connectivity index (χ1n) is 9.64. The molecule has 1 saturated heterocycles. The second kappa shape index (κ2) is 8.67. The Morgan fingerprint density at radius 1 is 1.07 bits per heavy atom. The summed E-state index contributed by atoms with van der Waals surface area (Å²) in [6.07, 6.45) is 0.634. The number of anilines is 1. The first kappa shape index (κ1) is 21.5. The lowest BCUT2D eigenvalue weighted by Crippen LogP contribution is -2.44. The molecule has 7 nitrogen and oxygen atoms in total. The molecule has 0 aromatic heterocycles. The van der Waals surface area contributed by atoms with Gasteiger partial charge in [0.2, 0.25) is 5.91 Å². The van der Waals surface area contributed by atoms with Gasteiger partial charge >= 0.3 is 6.03 Å². The van der Waals surface area contributed by atoms with Crippen molar-refractivity contribution >= 4 is 40.9 Å². The smallest absolute Gasteiger partial charge is 0.325 e. The van der Waals surface area contributed by atoms with Gasteiger partial charge in [0.15, 0.2) is 5.78 Å². The maximum absolute atomic E-state index is 13.2. The maximum Gasteiger partial charge on any atom is 0.325 e. The Morgan fingerprint density at radius 3 is 2.33 bits per heavy atom. The summed E-state index contributed by atoms with van der Waals surface area (Å²) >= 11 is 6.28. The molecule has 1 fully saturated rings. The van der Waals surface area contributed by atoms with E-state index in [0.717, 1.165) is 4.90 Å². The number of rotatable bonds is 7. The standard InChI is InChI=1S/C22H22ClN3O4/c1-3-19(28)24-15-11-9-14(10-12-15)18(27)13-26-20(29)22(4-2,25-21(26)30)16-7-5-6-8-17(16)23/h5-12H,3-4,13H2,1-2H3,(H,24,28)(H,25,30). The van der Waals surface area contributed by atoms with Crippen molar-refractivity contribution in [2.45, 2.75) is 32.2 Å². The molecule has 1 heterocycles. The van der Waals surface area contributed by atoms with Crippen LogP contribution >= 0.6 is 11.6 Å². The highest BCUT2D eigenvalue weighted by Gasteiger charge is 2.52. The van der Waals surface area contributed by atoms with Crippen molar-refractivity contribution in [3.05, 3.63) is 64.7 Å². The highest BCUT2D eigenvalue weighted by Crippen LogP contribution is 2.36. The van der Waals surface area contributed by atoms with Gasteiger partial charge in [-0.15, -0.1) is 0 Å². The number of nitrogens with zero attached hydrogens (tertiary/aromatic N) is 1. The summed E-state index contributed by atoms with van der Waals surface area (Å²) < 4.78 is 0. The number of nitrogens with one attached hydrogen (secondary N) is 2. The number of hydrogen-bond acceptors (Lipinski definition) is 4. The van der Waals surface area contributed by atoms with Gasteiger partial charge in [-0.05, 0) is 36.8 Å². The summed E-state index contributed by atoms with van der Waals surface area (Å²) in [5.74, 6) is -1.04. The van der Waals surface area contributed by atoms with Gasteiger partial charge in [0.1, 0.15) is 5.54 Å². The SMILES string of the molecule is CCC(=O)Nc1ccc(C(=O)CN2C(=O)NC(CC)(c3ccccc3Cl)C2=O)cc1. The summed E-state index contributed by atoms with van der Waals surface area (Å²) in [6, 6.07) is 12.5. The molecule has 0 bridgehead atoms. The first-order valence-corrected chi connectivity index (χ1v) is 10.0. The van der Waals surface area contributed by atoms with Crippen molar-refractivity contribution in [1.82, 2.24) is 10.2 Å². The molecular weight excluding hydrogens is 406 g/mol. The minimum Gasteiger partial charge on any atom is -0.326 e. The van der Waals surface area contributed by atoms with Crippen LogP contribution in [-0.2, 0) is 15.1 Å². The average Bonchev–Trinajstić information content (AvgIpc) is 2.99. The number of urea groups is 1. The number of ketones is 1. The number of Topliss-reactive ketones (excluding diaryl/α,β-unsaturated/α-hetero) is 1. The van der Waals surface area contributed by atoms with Gasteiger partial charge in [-0.3, -0.25) is 19.3 Å². The van der Waals surface area contributed by atoms with E-state index in [1.54, 1.807) is 62.4 Å². The fourth-order valence-electron chi connectivity index (χ4n) is 3.41. The van der Waals surface area contributed by atoms with Crippen molar-refractivity contribution in [3.8, 4) is 0 Å². The fraction of sp³-hybridized carbons (Fsp3) is 0.273. The van der Waals surface area contributed by atoms with Crippen LogP contribution in [0.2, 0.25) is 5.02 Å². The molecule has 0 aliphatic carbocycles. The molecular formula is C22H22ClN3O4. The first-order chi connectivity index (χ1) is 14.3. The Labute approximate surface area is 179 Å². The zero-order chi connectivity index (χ0) is 21.9. The lowest BCUT2D eigenvalue weighted by atomic mass is 9.87. The minimum atomic E-state index is -1.30. The topological polar surface area (TPSA) is 95.6 Å². The molecule has 0 saturated carbocycles. The number of carbonyl (C=O) groups excluding carboxylic acids is 4. The van der Waals surface area contributed by atoms with Crippen LogP contribution in [0.1, 0.15) is 42.6 Å². The average molecular weight is 428 g/mol. The Hall–Kier alpha value is -3.19. The number of halogens is 1. The van der Waals surface area contributed by atoms with E-state index in [1.165, 1.54) is 0 Å². The van der Waals surface area contributed by atoms with Crippen molar-refractivity contribution < 1.29 is 19.2 Å². The Kier molecular flexibility index (Phi) is 6.22. The molecule has 8 heteroatoms. The van der Waals surface area contributed by atoms with Gasteiger partial charge in [0, 0.05) is 28.3 Å². The van der Waals surface area contributed by atoms with Gasteiger partial charge < -0.3 is 10.6 Å². The predicted octanol–water partition coefficient (Wildman–Crippen LogP) is 3.73. The van der Waals surface area contributed by atoms with Crippen molar-refractivity contribution in [1.29, 1.82) is 0 Å². The Morgan fingerprint density at radius 2 is 1.73 bits per heavy atom. The highest BCUT2D eigenvalue weighted by atomic mass is 35.5. The molecule has 30 heavy (non-hydrogen) atoms. The monoisotopic (exact) mass is 427 g/mol. The number of carbonyl (C=O) groups is 4. The number of imide groups is 1. The van der Waals surface area contributed by atoms with Crippen molar-refractivity contribution in [3.63, 3.8) is 0 Å². The van der Waals surface area contributed by atoms with Gasteiger partial charge in [0.25, 0.3) is 5.91 Å². The van der Waals surface area contributed by atoms with Crippen LogP contribution in [0.5, 0.6) is 0 Å². The Bertz CT molecular complexity index is 1010. The van der Waals surface area contributed by atoms with E-state index in [2.05, 4.69) is 10.6 Å². The van der Waals surface area contributed by atoms with Crippen LogP contribution in [0.25, 0.3) is 0 Å². The number of benzene rings is 2. The van der Waals surface area contributed by atoms with Gasteiger partial charge in [0.05, 0.1) is 6.54 Å². The maximum atomic E-state index is 13.2. The quantitative estimate of drug-likeness (QED) is 0.520. The summed E-state index contributed by atoms with van der Waals surface area (Å²) in [5.41, 5.74) is 0.0942. The zero-order valence-corrected chi connectivity index (χ0v) is 17.5. The molecule has 3 rings (SSSR count).